The van der Waals surface area contributed by atoms with E-state index in [1.165, 1.54) is 0 Å². The average Bonchev–Trinajstić information content (AvgIpc) is 4.18. The zero-order valence-corrected chi connectivity index (χ0v) is 39.7. The number of likely N-dealkylation sites (N-methyl/N-ethyl adjacent to an activating group) is 3. The molecule has 6 spiro atoms. The van der Waals surface area contributed by atoms with Gasteiger partial charge >= 0.3 is 0 Å². The zero-order valence-electron chi connectivity index (χ0n) is 39.7. The van der Waals surface area contributed by atoms with Crippen LogP contribution in [0.1, 0.15) is 91.2 Å². The second kappa shape index (κ2) is 11.5. The number of aromatic hydroxyl groups is 3. The predicted octanol–water partition coefficient (Wildman–Crippen LogP) is 2.14. The van der Waals surface area contributed by atoms with E-state index in [9.17, 15) is 30.6 Å². The number of hydrogen-bond acceptors (Lipinski definition) is 16. The first-order valence-corrected chi connectivity index (χ1v) is 26.2. The van der Waals surface area contributed by atoms with Gasteiger partial charge in [0.1, 0.15) is 53.8 Å². The Bertz CT molecular complexity index is 2700. The van der Waals surface area contributed by atoms with Crippen LogP contribution in [0.25, 0.3) is 0 Å². The Hall–Kier alpha value is -3.94. The first-order valence-electron chi connectivity index (χ1n) is 26.2. The minimum Gasteiger partial charge on any atom is -0.504 e. The van der Waals surface area contributed by atoms with Crippen LogP contribution in [-0.2, 0) is 49.7 Å². The molecule has 70 heavy (non-hydrogen) atoms. The van der Waals surface area contributed by atoms with Crippen molar-refractivity contribution in [1.29, 1.82) is 0 Å². The molecule has 0 amide bonds. The van der Waals surface area contributed by atoms with Crippen molar-refractivity contribution in [1.82, 2.24) is 19.6 Å². The van der Waals surface area contributed by atoms with Crippen LogP contribution in [0.5, 0.6) is 34.5 Å². The summed E-state index contributed by atoms with van der Waals surface area (Å²) in [5.74, 6) is 1.35. The van der Waals surface area contributed by atoms with Gasteiger partial charge in [0.15, 0.2) is 34.5 Å². The van der Waals surface area contributed by atoms with E-state index in [4.69, 9.17) is 28.4 Å². The SMILES string of the molecule is CN1CC[C@]23c4c5ccc(O)c4OC2C2(CC[C@@]3(O)[C@H]1C5)OC1N3C2OC2(CC[C@@]4(O)[C@H]5Cc6ccc(O)c7c6[C@@]4(CCN5C)C2O7)C3OC12CC[C@@]1(O)[C@H]3Cc4ccc(O)c5c4[C@@]1(CCN3C)C2O5. The fourth-order valence-electron chi connectivity index (χ4n) is 20.9. The molecule has 16 heteroatoms. The average molecular weight is 957 g/mol. The van der Waals surface area contributed by atoms with Gasteiger partial charge in [0.2, 0.25) is 0 Å². The van der Waals surface area contributed by atoms with Gasteiger partial charge in [-0.2, -0.15) is 0 Å². The highest BCUT2D eigenvalue weighted by Gasteiger charge is 2.91. The van der Waals surface area contributed by atoms with E-state index in [-0.39, 0.29) is 35.4 Å². The number of hydrogen-bond donors (Lipinski definition) is 6. The monoisotopic (exact) mass is 956 g/mol. The molecular formula is C54H60N4O12. The largest absolute Gasteiger partial charge is 0.504 e. The van der Waals surface area contributed by atoms with Crippen LogP contribution < -0.4 is 14.2 Å². The Morgan fingerprint density at radius 2 is 0.729 bits per heavy atom. The lowest BCUT2D eigenvalue weighted by atomic mass is 9.46. The van der Waals surface area contributed by atoms with Crippen LogP contribution >= 0.6 is 0 Å². The highest BCUT2D eigenvalue weighted by Crippen LogP contribution is 2.77. The molecular weight excluding hydrogens is 897 g/mol. The van der Waals surface area contributed by atoms with E-state index in [0.29, 0.717) is 114 Å². The summed E-state index contributed by atoms with van der Waals surface area (Å²) in [5.41, 5.74) is -4.41. The van der Waals surface area contributed by atoms with E-state index in [0.717, 1.165) is 33.4 Å². The quantitative estimate of drug-likeness (QED) is 0.192. The number of phenolic OH excluding ortho intramolecular Hbond substituents is 3. The van der Waals surface area contributed by atoms with Crippen LogP contribution in [0.3, 0.4) is 0 Å². The van der Waals surface area contributed by atoms with Crippen molar-refractivity contribution in [3.63, 3.8) is 0 Å². The van der Waals surface area contributed by atoms with Crippen molar-refractivity contribution in [3.8, 4) is 34.5 Å². The molecule has 18 rings (SSSR count). The van der Waals surface area contributed by atoms with Crippen LogP contribution in [0.2, 0.25) is 0 Å². The topological polar surface area (TPSA) is 190 Å². The molecule has 6 N–H and O–H groups in total. The molecule has 3 aromatic rings. The van der Waals surface area contributed by atoms with E-state index >= 15 is 0 Å². The van der Waals surface area contributed by atoms with E-state index in [1.54, 1.807) is 18.2 Å². The summed E-state index contributed by atoms with van der Waals surface area (Å²) < 4.78 is 46.3. The molecule has 6 aliphatic carbocycles. The number of ether oxygens (including phenoxy) is 6. The first-order chi connectivity index (χ1) is 33.6. The molecule has 0 aromatic heterocycles. The normalized spacial score (nSPS) is 52.6. The number of nitrogens with zero attached hydrogens (tertiary/aromatic N) is 4. The molecule has 6 saturated heterocycles. The second-order valence-electron chi connectivity index (χ2n) is 25.1. The number of likely N-dealkylation sites (tertiary alicyclic amines) is 3. The Labute approximate surface area is 404 Å². The van der Waals surface area contributed by atoms with Crippen LogP contribution in [0, 0.1) is 0 Å². The number of benzene rings is 3. The standard InChI is InChI=1S/C54H60N4O12/c1-55-19-16-46-34-25-4-7-28(59)37(34)65-40(46)49(10-13-52(46,62)31(55)22-25)43-58-44(68-49)50(11-14-53(63)32-23-26-5-8-29(60)38-35(26)47(53,41(50)66-38)17-20-56(32)2)70-45(58)51(69-43)12-15-54(64)33-24-27-6-9-30(61)39-36(27)48(54,42(51)67-39)18-21-57(33)3/h4-9,31-33,40-45,59-64H,10-24H2,1-3H3/t31-,32-,33-,40?,41?,42?,43?,44?,45?,46+,47+,48+,49?,50?,51?,52-,53-,54-/m1/s1. The van der Waals surface area contributed by atoms with Gasteiger partial charge < -0.3 is 73.8 Å². The summed E-state index contributed by atoms with van der Waals surface area (Å²) in [5, 5.41) is 76.2. The molecule has 0 radical (unpaired) electrons. The minimum atomic E-state index is -1.24. The number of phenols is 3. The van der Waals surface area contributed by atoms with Gasteiger partial charge in [-0.1, -0.05) is 18.2 Å². The molecule has 9 fully saturated rings. The van der Waals surface area contributed by atoms with Crippen molar-refractivity contribution < 1.29 is 59.1 Å². The van der Waals surface area contributed by atoms with E-state index < -0.39 is 86.8 Å². The third kappa shape index (κ3) is 3.60. The lowest BCUT2D eigenvalue weighted by Gasteiger charge is -2.66. The number of fused-ring (bicyclic) bond motifs is 6. The highest BCUT2D eigenvalue weighted by atomic mass is 16.7. The van der Waals surface area contributed by atoms with Gasteiger partial charge in [0.25, 0.3) is 0 Å². The third-order valence-electron chi connectivity index (χ3n) is 23.5. The zero-order chi connectivity index (χ0) is 47.0. The summed E-state index contributed by atoms with van der Waals surface area (Å²) >= 11 is 0. The highest BCUT2D eigenvalue weighted by molar-refractivity contribution is 5.67. The van der Waals surface area contributed by atoms with Crippen molar-refractivity contribution in [2.24, 2.45) is 0 Å². The molecule has 9 heterocycles. The molecule has 3 saturated carbocycles. The van der Waals surface area contributed by atoms with Gasteiger partial charge in [-0.05, 0) is 153 Å². The van der Waals surface area contributed by atoms with Crippen molar-refractivity contribution in [2.75, 3.05) is 40.8 Å². The molecule has 6 bridgehead atoms. The maximum absolute atomic E-state index is 13.6. The molecule has 16 nitrogen and oxygen atoms in total. The number of aliphatic hydroxyl groups is 3. The van der Waals surface area contributed by atoms with Gasteiger partial charge in [0.05, 0.1) is 33.0 Å². The molecule has 9 aliphatic heterocycles. The van der Waals surface area contributed by atoms with Crippen molar-refractivity contribution in [3.05, 3.63) is 69.8 Å². The fraction of sp³-hybridized carbons (Fsp3) is 0.667. The summed E-state index contributed by atoms with van der Waals surface area (Å²) in [6.07, 6.45) is 1.07. The Balaban J connectivity index is 0.876. The summed E-state index contributed by atoms with van der Waals surface area (Å²) in [6, 6.07) is 10.6. The second-order valence-corrected chi connectivity index (χ2v) is 25.1. The first kappa shape index (κ1) is 40.5. The Morgan fingerprint density at radius 1 is 0.429 bits per heavy atom. The number of rotatable bonds is 0. The van der Waals surface area contributed by atoms with E-state index in [1.807, 2.05) is 18.2 Å². The van der Waals surface area contributed by atoms with Crippen LogP contribution in [0.4, 0.5) is 0 Å². The van der Waals surface area contributed by atoms with Crippen molar-refractivity contribution in [2.45, 2.75) is 182 Å². The molecule has 368 valence electrons. The van der Waals surface area contributed by atoms with Gasteiger partial charge in [-0.25, -0.2) is 4.90 Å². The molecule has 3 aromatic carbocycles. The van der Waals surface area contributed by atoms with Crippen molar-refractivity contribution >= 4 is 0 Å². The molecule has 18 atom stereocenters. The van der Waals surface area contributed by atoms with Crippen LogP contribution in [0.15, 0.2) is 36.4 Å². The lowest BCUT2D eigenvalue weighted by molar-refractivity contribution is -0.285. The predicted molar refractivity (Wildman–Crippen MR) is 244 cm³/mol. The lowest BCUT2D eigenvalue weighted by Crippen LogP contribution is -2.81. The van der Waals surface area contributed by atoms with Crippen LogP contribution in [-0.4, -0.2) is 180 Å². The molecule has 15 aliphatic rings. The maximum atomic E-state index is 13.6. The summed E-state index contributed by atoms with van der Waals surface area (Å²) in [4.78, 5) is 9.18. The van der Waals surface area contributed by atoms with Gasteiger partial charge in [-0.3, -0.25) is 0 Å². The smallest absolute Gasteiger partial charge is 0.165 e. The van der Waals surface area contributed by atoms with Gasteiger partial charge in [0, 0.05) is 34.8 Å². The third-order valence-corrected chi connectivity index (χ3v) is 23.5. The maximum Gasteiger partial charge on any atom is 0.165 e. The summed E-state index contributed by atoms with van der Waals surface area (Å²) in [6.45, 7) is 2.13. The number of piperidine rings is 3. The molecule has 9 unspecified atom stereocenters. The van der Waals surface area contributed by atoms with Gasteiger partial charge in [-0.15, -0.1) is 0 Å². The fourth-order valence-corrected chi connectivity index (χ4v) is 20.9. The minimum absolute atomic E-state index is 0.0393. The van der Waals surface area contributed by atoms with E-state index in [2.05, 4.69) is 40.7 Å². The summed E-state index contributed by atoms with van der Waals surface area (Å²) in [7, 11) is 6.31. The Morgan fingerprint density at radius 3 is 1.03 bits per heavy atom. The Kier molecular flexibility index (Phi) is 6.69.